The molecule has 2 aliphatic heterocycles. The Morgan fingerprint density at radius 1 is 1.00 bits per heavy atom. The Bertz CT molecular complexity index is 760. The number of furan rings is 1. The minimum Gasteiger partial charge on any atom is -0.465 e. The molecule has 9 heteroatoms. The lowest BCUT2D eigenvalue weighted by molar-refractivity contribution is 0.121. The van der Waals surface area contributed by atoms with Gasteiger partial charge >= 0.3 is 0 Å². The van der Waals surface area contributed by atoms with E-state index in [0.29, 0.717) is 38.2 Å². The van der Waals surface area contributed by atoms with Crippen molar-refractivity contribution in [3.63, 3.8) is 0 Å². The average molecular weight is 384 g/mol. The first-order valence-corrected chi connectivity index (χ1v) is 9.42. The Kier molecular flexibility index (Phi) is 6.15. The monoisotopic (exact) mass is 384 g/mol. The summed E-state index contributed by atoms with van der Waals surface area (Å²) in [7, 11) is 0. The Labute approximate surface area is 163 Å². The molecule has 0 aromatic carbocycles. The highest BCUT2D eigenvalue weighted by Crippen LogP contribution is 2.22. The zero-order valence-electron chi connectivity index (χ0n) is 15.7. The van der Waals surface area contributed by atoms with Crippen LogP contribution in [0.4, 0.5) is 17.6 Å². The van der Waals surface area contributed by atoms with E-state index in [4.69, 9.17) is 18.9 Å². The third kappa shape index (κ3) is 4.87. The summed E-state index contributed by atoms with van der Waals surface area (Å²) in [6, 6.07) is 5.64. The summed E-state index contributed by atoms with van der Waals surface area (Å²) in [5, 5.41) is 4.23. The number of rotatable bonds is 6. The summed E-state index contributed by atoms with van der Waals surface area (Å²) in [5.74, 6) is 3.00. The maximum absolute atomic E-state index is 5.45. The average Bonchev–Trinajstić information content (AvgIpc) is 3.28. The lowest BCUT2D eigenvalue weighted by atomic mass is 10.4. The van der Waals surface area contributed by atoms with Gasteiger partial charge < -0.3 is 23.7 Å². The second-order valence-electron chi connectivity index (χ2n) is 6.37. The third-order valence-electron chi connectivity index (χ3n) is 4.47. The van der Waals surface area contributed by atoms with Gasteiger partial charge in [0.1, 0.15) is 11.6 Å². The fourth-order valence-electron chi connectivity index (χ4n) is 3.01. The van der Waals surface area contributed by atoms with Crippen LogP contribution in [0, 0.1) is 0 Å². The van der Waals surface area contributed by atoms with Crippen molar-refractivity contribution in [2.45, 2.75) is 0 Å². The molecule has 2 saturated heterocycles. The lowest BCUT2D eigenvalue weighted by Gasteiger charge is -2.31. The molecule has 2 aromatic heterocycles. The van der Waals surface area contributed by atoms with E-state index in [1.807, 2.05) is 24.3 Å². The topological polar surface area (TPSA) is 88.2 Å². The number of hydrazone groups is 1. The molecule has 0 aliphatic carbocycles. The van der Waals surface area contributed by atoms with E-state index in [2.05, 4.69) is 25.3 Å². The molecule has 0 saturated carbocycles. The molecule has 4 heterocycles. The van der Waals surface area contributed by atoms with Gasteiger partial charge in [-0.05, 0) is 24.3 Å². The van der Waals surface area contributed by atoms with Crippen molar-refractivity contribution in [1.29, 1.82) is 0 Å². The molecule has 0 unspecified atom stereocenters. The van der Waals surface area contributed by atoms with Gasteiger partial charge in [-0.2, -0.15) is 15.1 Å². The molecule has 9 nitrogen and oxygen atoms in total. The van der Waals surface area contributed by atoms with Crippen molar-refractivity contribution in [1.82, 2.24) is 9.97 Å². The first-order valence-electron chi connectivity index (χ1n) is 9.42. The van der Waals surface area contributed by atoms with Crippen LogP contribution >= 0.6 is 0 Å². The maximum Gasteiger partial charge on any atom is 0.229 e. The van der Waals surface area contributed by atoms with Crippen LogP contribution in [-0.4, -0.2) is 68.8 Å². The first-order chi connectivity index (χ1) is 13.9. The zero-order chi connectivity index (χ0) is 19.0. The number of morpholine rings is 2. The molecule has 0 bridgehead atoms. The van der Waals surface area contributed by atoms with E-state index >= 15 is 0 Å². The van der Waals surface area contributed by atoms with Gasteiger partial charge in [0.25, 0.3) is 0 Å². The molecule has 4 rings (SSSR count). The highest BCUT2D eigenvalue weighted by molar-refractivity contribution is 5.78. The molecule has 0 atom stereocenters. The van der Waals surface area contributed by atoms with Gasteiger partial charge in [0.15, 0.2) is 5.82 Å². The van der Waals surface area contributed by atoms with E-state index in [0.717, 1.165) is 37.8 Å². The van der Waals surface area contributed by atoms with Crippen LogP contribution in [0.1, 0.15) is 5.76 Å². The number of nitrogens with zero attached hydrogens (tertiary/aromatic N) is 5. The van der Waals surface area contributed by atoms with Crippen LogP contribution in [0.25, 0.3) is 6.08 Å². The normalized spacial score (nSPS) is 18.3. The summed E-state index contributed by atoms with van der Waals surface area (Å²) in [4.78, 5) is 13.8. The van der Waals surface area contributed by atoms with Crippen LogP contribution in [-0.2, 0) is 9.47 Å². The quantitative estimate of drug-likeness (QED) is 0.596. The highest BCUT2D eigenvalue weighted by Gasteiger charge is 2.19. The minimum atomic E-state index is 0.653. The number of nitrogens with one attached hydrogen (secondary N) is 1. The van der Waals surface area contributed by atoms with Crippen molar-refractivity contribution in [3.8, 4) is 0 Å². The summed E-state index contributed by atoms with van der Waals surface area (Å²) in [5.41, 5.74) is 3.00. The Morgan fingerprint density at radius 3 is 2.46 bits per heavy atom. The molecule has 2 aromatic rings. The number of ether oxygens (including phenoxy) is 2. The fourth-order valence-corrected chi connectivity index (χ4v) is 3.01. The molecular weight excluding hydrogens is 360 g/mol. The first kappa shape index (κ1) is 18.5. The maximum atomic E-state index is 5.45. The van der Waals surface area contributed by atoms with Gasteiger partial charge in [-0.1, -0.05) is 0 Å². The van der Waals surface area contributed by atoms with E-state index in [1.165, 1.54) is 0 Å². The van der Waals surface area contributed by atoms with Gasteiger partial charge in [0.2, 0.25) is 5.95 Å². The van der Waals surface area contributed by atoms with Gasteiger partial charge in [0.05, 0.1) is 32.7 Å². The van der Waals surface area contributed by atoms with Crippen molar-refractivity contribution >= 4 is 29.9 Å². The SMILES string of the molecule is C(=C\c1ccco1)/C=N/Nc1cc(N2CCOCC2)nc(N2CCOCC2)n1. The highest BCUT2D eigenvalue weighted by atomic mass is 16.5. The second kappa shape index (κ2) is 9.34. The molecule has 2 aliphatic rings. The van der Waals surface area contributed by atoms with E-state index in [-0.39, 0.29) is 0 Å². The third-order valence-corrected chi connectivity index (χ3v) is 4.47. The predicted molar refractivity (Wildman–Crippen MR) is 108 cm³/mol. The lowest BCUT2D eigenvalue weighted by Crippen LogP contribution is -2.39. The Balaban J connectivity index is 1.49. The van der Waals surface area contributed by atoms with E-state index in [9.17, 15) is 0 Å². The number of hydrogen-bond donors (Lipinski definition) is 1. The van der Waals surface area contributed by atoms with Crippen molar-refractivity contribution < 1.29 is 13.9 Å². The smallest absolute Gasteiger partial charge is 0.229 e. The van der Waals surface area contributed by atoms with Gasteiger partial charge in [0, 0.05) is 38.5 Å². The Hall–Kier alpha value is -2.91. The van der Waals surface area contributed by atoms with Crippen LogP contribution < -0.4 is 15.2 Å². The summed E-state index contributed by atoms with van der Waals surface area (Å²) in [6.07, 6.45) is 6.94. The number of allylic oxidation sites excluding steroid dienone is 1. The van der Waals surface area contributed by atoms with Crippen LogP contribution in [0.5, 0.6) is 0 Å². The molecule has 1 N–H and O–H groups in total. The molecular formula is C19H24N6O3. The second-order valence-corrected chi connectivity index (χ2v) is 6.37. The summed E-state index contributed by atoms with van der Waals surface area (Å²) in [6.45, 7) is 5.96. The molecule has 0 amide bonds. The van der Waals surface area contributed by atoms with Gasteiger partial charge in [-0.15, -0.1) is 0 Å². The predicted octanol–water partition coefficient (Wildman–Crippen LogP) is 1.85. The standard InChI is InChI=1S/C19H24N6O3/c1(3-16-4-2-10-28-16)5-20-23-17-15-18(24-6-11-26-12-7-24)22-19(21-17)25-8-13-27-14-9-25/h1-5,10,15H,6-9,11-14H2,(H,21,22,23)/b3-1+,20-5+. The van der Waals surface area contributed by atoms with Crippen LogP contribution in [0.3, 0.4) is 0 Å². The van der Waals surface area contributed by atoms with Crippen molar-refractivity contribution in [3.05, 3.63) is 36.3 Å². The molecule has 2 fully saturated rings. The van der Waals surface area contributed by atoms with Crippen LogP contribution in [0.15, 0.2) is 40.1 Å². The summed E-state index contributed by atoms with van der Waals surface area (Å²) < 4.78 is 16.1. The van der Waals surface area contributed by atoms with E-state index < -0.39 is 0 Å². The fraction of sp³-hybridized carbons (Fsp3) is 0.421. The summed E-state index contributed by atoms with van der Waals surface area (Å²) >= 11 is 0. The van der Waals surface area contributed by atoms with Crippen molar-refractivity contribution in [2.24, 2.45) is 5.10 Å². The number of anilines is 3. The minimum absolute atomic E-state index is 0.653. The van der Waals surface area contributed by atoms with Gasteiger partial charge in [-0.3, -0.25) is 5.43 Å². The molecule has 148 valence electrons. The zero-order valence-corrected chi connectivity index (χ0v) is 15.7. The molecule has 0 spiro atoms. The van der Waals surface area contributed by atoms with Crippen LogP contribution in [0.2, 0.25) is 0 Å². The molecule has 0 radical (unpaired) electrons. The Morgan fingerprint density at radius 2 is 1.75 bits per heavy atom. The number of hydrogen-bond acceptors (Lipinski definition) is 9. The van der Waals surface area contributed by atoms with E-state index in [1.54, 1.807) is 18.6 Å². The largest absolute Gasteiger partial charge is 0.465 e. The number of aromatic nitrogens is 2. The van der Waals surface area contributed by atoms with Crippen molar-refractivity contribution in [2.75, 3.05) is 67.8 Å². The van der Waals surface area contributed by atoms with Gasteiger partial charge in [-0.25, -0.2) is 0 Å². The molecule has 28 heavy (non-hydrogen) atoms.